The zero-order chi connectivity index (χ0) is 23.0. The highest BCUT2D eigenvalue weighted by atomic mass is 32.2. The van der Waals surface area contributed by atoms with Gasteiger partial charge >= 0.3 is 0 Å². The van der Waals surface area contributed by atoms with Crippen molar-refractivity contribution in [2.24, 2.45) is 0 Å². The number of methoxy groups -OCH3 is 1. The number of nitrogens with zero attached hydrogens (tertiary/aromatic N) is 1. The van der Waals surface area contributed by atoms with E-state index in [1.807, 2.05) is 26.0 Å². The van der Waals surface area contributed by atoms with E-state index < -0.39 is 21.8 Å². The zero-order valence-corrected chi connectivity index (χ0v) is 19.1. The number of amides is 1. The summed E-state index contributed by atoms with van der Waals surface area (Å²) in [5.74, 6) is 0.0137. The molecule has 4 rings (SSSR count). The number of ether oxygens (including phenoxy) is 1. The monoisotopic (exact) mass is 455 g/mol. The van der Waals surface area contributed by atoms with Crippen LogP contribution in [0.2, 0.25) is 0 Å². The lowest BCUT2D eigenvalue weighted by atomic mass is 10.1. The van der Waals surface area contributed by atoms with Gasteiger partial charge in [-0.15, -0.1) is 0 Å². The molecule has 7 nitrogen and oxygen atoms in total. The van der Waals surface area contributed by atoms with Gasteiger partial charge in [-0.3, -0.25) is 9.59 Å². The van der Waals surface area contributed by atoms with Crippen molar-refractivity contribution in [3.8, 4) is 5.75 Å². The van der Waals surface area contributed by atoms with Gasteiger partial charge < -0.3 is 14.1 Å². The molecular formula is C24H25NO6S. The Morgan fingerprint density at radius 2 is 1.81 bits per heavy atom. The van der Waals surface area contributed by atoms with Crippen LogP contribution in [0.5, 0.6) is 5.75 Å². The maximum atomic E-state index is 13.5. The van der Waals surface area contributed by atoms with Gasteiger partial charge in [0.2, 0.25) is 0 Å². The standard InChI is InChI=1S/C24H25NO6S/c1-15-10-20-21(26)12-23(31-22(20)11-16(15)2)24(27)25(18-8-9-32(28,29)14-18)13-17-4-6-19(30-3)7-5-17/h4-7,10-12,18H,8-9,13-14H2,1-3H3. The molecule has 3 aromatic rings. The predicted octanol–water partition coefficient (Wildman–Crippen LogP) is 3.25. The molecule has 0 aliphatic carbocycles. The first-order valence-corrected chi connectivity index (χ1v) is 12.2. The second-order valence-corrected chi connectivity index (χ2v) is 10.5. The van der Waals surface area contributed by atoms with Crippen molar-refractivity contribution in [1.29, 1.82) is 0 Å². The molecule has 1 saturated heterocycles. The average Bonchev–Trinajstić information content (AvgIpc) is 3.12. The van der Waals surface area contributed by atoms with Crippen LogP contribution in [0.1, 0.15) is 33.7 Å². The van der Waals surface area contributed by atoms with Crippen molar-refractivity contribution < 1.29 is 22.4 Å². The van der Waals surface area contributed by atoms with Crippen LogP contribution < -0.4 is 10.2 Å². The van der Waals surface area contributed by atoms with Crippen LogP contribution >= 0.6 is 0 Å². The first-order chi connectivity index (χ1) is 15.2. The zero-order valence-electron chi connectivity index (χ0n) is 18.3. The normalized spacial score (nSPS) is 17.4. The van der Waals surface area contributed by atoms with Crippen molar-refractivity contribution >= 4 is 26.7 Å². The molecule has 0 saturated carbocycles. The Hall–Kier alpha value is -3.13. The molecule has 2 aromatic carbocycles. The Balaban J connectivity index is 1.73. The number of benzene rings is 2. The molecule has 168 valence electrons. The summed E-state index contributed by atoms with van der Waals surface area (Å²) in [4.78, 5) is 27.7. The minimum absolute atomic E-state index is 0.0319. The fourth-order valence-corrected chi connectivity index (χ4v) is 5.70. The molecule has 0 spiro atoms. The highest BCUT2D eigenvalue weighted by Gasteiger charge is 2.36. The summed E-state index contributed by atoms with van der Waals surface area (Å²) in [6, 6.07) is 11.4. The smallest absolute Gasteiger partial charge is 0.290 e. The topological polar surface area (TPSA) is 93.9 Å². The van der Waals surface area contributed by atoms with Crippen molar-refractivity contribution in [3.05, 3.63) is 75.1 Å². The Kier molecular flexibility index (Phi) is 5.81. The lowest BCUT2D eigenvalue weighted by molar-refractivity contribution is 0.0648. The molecule has 1 unspecified atom stereocenters. The van der Waals surface area contributed by atoms with Crippen molar-refractivity contribution in [3.63, 3.8) is 0 Å². The number of rotatable bonds is 5. The molecule has 32 heavy (non-hydrogen) atoms. The number of aryl methyl sites for hydroxylation is 2. The first kappa shape index (κ1) is 22.1. The van der Waals surface area contributed by atoms with Crippen LogP contribution in [0.3, 0.4) is 0 Å². The van der Waals surface area contributed by atoms with Crippen LogP contribution in [0.25, 0.3) is 11.0 Å². The highest BCUT2D eigenvalue weighted by molar-refractivity contribution is 7.91. The quantitative estimate of drug-likeness (QED) is 0.586. The van der Waals surface area contributed by atoms with Crippen LogP contribution in [-0.4, -0.2) is 43.9 Å². The van der Waals surface area contributed by atoms with E-state index in [1.165, 1.54) is 11.0 Å². The van der Waals surface area contributed by atoms with Gasteiger partial charge in [-0.2, -0.15) is 0 Å². The Morgan fingerprint density at radius 1 is 1.12 bits per heavy atom. The molecular weight excluding hydrogens is 430 g/mol. The predicted molar refractivity (Wildman–Crippen MR) is 122 cm³/mol. The Labute approximate surface area is 186 Å². The maximum Gasteiger partial charge on any atom is 0.290 e. The molecule has 1 amide bonds. The van der Waals surface area contributed by atoms with E-state index in [-0.39, 0.29) is 29.2 Å². The van der Waals surface area contributed by atoms with Crippen molar-refractivity contribution in [1.82, 2.24) is 4.90 Å². The SMILES string of the molecule is COc1ccc(CN(C(=O)c2cc(=O)c3cc(C)c(C)cc3o2)C2CCS(=O)(=O)C2)cc1. The minimum Gasteiger partial charge on any atom is -0.497 e. The number of carbonyl (C=O) groups excluding carboxylic acids is 1. The van der Waals surface area contributed by atoms with Crippen molar-refractivity contribution in [2.75, 3.05) is 18.6 Å². The Bertz CT molecular complexity index is 1340. The molecule has 0 radical (unpaired) electrons. The lowest BCUT2D eigenvalue weighted by Gasteiger charge is -2.28. The van der Waals surface area contributed by atoms with Gasteiger partial charge in [0, 0.05) is 18.7 Å². The molecule has 2 heterocycles. The van der Waals surface area contributed by atoms with Crippen LogP contribution in [0.4, 0.5) is 0 Å². The third kappa shape index (κ3) is 4.41. The van der Waals surface area contributed by atoms with Gasteiger partial charge in [-0.1, -0.05) is 12.1 Å². The molecule has 8 heteroatoms. The van der Waals surface area contributed by atoms with E-state index in [4.69, 9.17) is 9.15 Å². The van der Waals surface area contributed by atoms with Gasteiger partial charge in [0.15, 0.2) is 21.0 Å². The van der Waals surface area contributed by atoms with Gasteiger partial charge in [0.1, 0.15) is 11.3 Å². The van der Waals surface area contributed by atoms with E-state index in [2.05, 4.69) is 0 Å². The van der Waals surface area contributed by atoms with E-state index in [0.717, 1.165) is 16.7 Å². The minimum atomic E-state index is -3.22. The second kappa shape index (κ2) is 8.43. The number of carbonyl (C=O) groups is 1. The van der Waals surface area contributed by atoms with Crippen molar-refractivity contribution in [2.45, 2.75) is 32.9 Å². The van der Waals surface area contributed by atoms with Gasteiger partial charge in [-0.05, 0) is 61.2 Å². The van der Waals surface area contributed by atoms with Crippen LogP contribution in [0, 0.1) is 13.8 Å². The largest absolute Gasteiger partial charge is 0.497 e. The molecule has 1 aromatic heterocycles. The second-order valence-electron chi connectivity index (χ2n) is 8.25. The number of sulfone groups is 1. The lowest BCUT2D eigenvalue weighted by Crippen LogP contribution is -2.40. The summed E-state index contributed by atoms with van der Waals surface area (Å²) in [6.07, 6.45) is 0.348. The third-order valence-corrected chi connectivity index (χ3v) is 7.73. The average molecular weight is 456 g/mol. The molecule has 1 fully saturated rings. The van der Waals surface area contributed by atoms with E-state index in [0.29, 0.717) is 23.1 Å². The summed E-state index contributed by atoms with van der Waals surface area (Å²) in [5, 5.41) is 0.412. The van der Waals surface area contributed by atoms with Gasteiger partial charge in [0.05, 0.1) is 24.0 Å². The summed E-state index contributed by atoms with van der Waals surface area (Å²) >= 11 is 0. The summed E-state index contributed by atoms with van der Waals surface area (Å²) in [5.41, 5.74) is 2.76. The number of hydrogen-bond acceptors (Lipinski definition) is 6. The number of fused-ring (bicyclic) bond motifs is 1. The third-order valence-electron chi connectivity index (χ3n) is 5.98. The summed E-state index contributed by atoms with van der Waals surface area (Å²) in [7, 11) is -1.65. The van der Waals surface area contributed by atoms with Crippen LogP contribution in [-0.2, 0) is 16.4 Å². The molecule has 1 aliphatic heterocycles. The number of hydrogen-bond donors (Lipinski definition) is 0. The maximum absolute atomic E-state index is 13.5. The highest BCUT2D eigenvalue weighted by Crippen LogP contribution is 2.25. The molecule has 0 N–H and O–H groups in total. The van der Waals surface area contributed by atoms with E-state index in [9.17, 15) is 18.0 Å². The Morgan fingerprint density at radius 3 is 2.44 bits per heavy atom. The molecule has 1 atom stereocenters. The molecule has 1 aliphatic rings. The van der Waals surface area contributed by atoms with Crippen LogP contribution in [0.15, 0.2) is 51.7 Å². The van der Waals surface area contributed by atoms with Gasteiger partial charge in [0.25, 0.3) is 5.91 Å². The summed E-state index contributed by atoms with van der Waals surface area (Å²) in [6.45, 7) is 4.00. The first-order valence-electron chi connectivity index (χ1n) is 10.4. The fourth-order valence-electron chi connectivity index (χ4n) is 3.97. The van der Waals surface area contributed by atoms with E-state index in [1.54, 1.807) is 31.4 Å². The summed E-state index contributed by atoms with van der Waals surface area (Å²) < 4.78 is 35.2. The molecule has 0 bridgehead atoms. The van der Waals surface area contributed by atoms with E-state index >= 15 is 0 Å². The van der Waals surface area contributed by atoms with Gasteiger partial charge in [-0.25, -0.2) is 8.42 Å². The fraction of sp³-hybridized carbons (Fsp3) is 0.333.